The molecule has 22 heteroatoms. The van der Waals surface area contributed by atoms with Crippen molar-refractivity contribution in [1.82, 2.24) is 40.6 Å². The molecule has 0 saturated carbocycles. The van der Waals surface area contributed by atoms with Crippen LogP contribution in [-0.2, 0) is 28.8 Å². The van der Waals surface area contributed by atoms with Gasteiger partial charge in [-0.05, 0) is 37.1 Å². The molecule has 3 rings (SSSR count). The summed E-state index contributed by atoms with van der Waals surface area (Å²) in [5.41, 5.74) is 5.74. The number of carbonyl (C=O) groups excluding carboxylic acids is 4. The average molecular weight is 750 g/mol. The largest absolute Gasteiger partial charge is 0.480 e. The van der Waals surface area contributed by atoms with Gasteiger partial charge in [0.05, 0.1) is 50.9 Å². The molecule has 0 spiro atoms. The lowest BCUT2D eigenvalue weighted by molar-refractivity contribution is -0.140. The van der Waals surface area contributed by atoms with Crippen molar-refractivity contribution in [3.8, 4) is 0 Å². The van der Waals surface area contributed by atoms with Crippen molar-refractivity contribution in [3.05, 3.63) is 29.8 Å². The maximum absolute atomic E-state index is 12.8. The van der Waals surface area contributed by atoms with Crippen LogP contribution in [0, 0.1) is 0 Å². The summed E-state index contributed by atoms with van der Waals surface area (Å²) in [6.07, 6.45) is 1.09. The molecule has 2 aliphatic heterocycles. The van der Waals surface area contributed by atoms with Crippen molar-refractivity contribution in [2.75, 3.05) is 104 Å². The lowest BCUT2D eigenvalue weighted by Gasteiger charge is -2.32. The van der Waals surface area contributed by atoms with E-state index in [1.54, 1.807) is 19.6 Å². The molecule has 0 radical (unpaired) electrons. The van der Waals surface area contributed by atoms with Gasteiger partial charge in [-0.2, -0.15) is 0 Å². The summed E-state index contributed by atoms with van der Waals surface area (Å²) in [6, 6.07) is 5.95. The smallest absolute Gasteiger partial charge is 0.475 e. The van der Waals surface area contributed by atoms with Gasteiger partial charge in [-0.25, -0.2) is 0 Å². The highest BCUT2D eigenvalue weighted by molar-refractivity contribution is 6.43. The van der Waals surface area contributed by atoms with Crippen LogP contribution in [0.15, 0.2) is 24.3 Å². The van der Waals surface area contributed by atoms with Crippen molar-refractivity contribution in [3.63, 3.8) is 0 Å². The second kappa shape index (κ2) is 21.6. The first-order valence-corrected chi connectivity index (χ1v) is 17.1. The second-order valence-corrected chi connectivity index (χ2v) is 12.7. The Labute approximate surface area is 306 Å². The number of carbonyl (C=O) groups is 7. The van der Waals surface area contributed by atoms with Gasteiger partial charge in [-0.3, -0.25) is 64.0 Å². The van der Waals surface area contributed by atoms with E-state index >= 15 is 0 Å². The zero-order valence-electron chi connectivity index (χ0n) is 29.3. The predicted molar refractivity (Wildman–Crippen MR) is 187 cm³/mol. The van der Waals surface area contributed by atoms with Crippen LogP contribution in [0.3, 0.4) is 0 Å². The first kappa shape index (κ1) is 42.5. The van der Waals surface area contributed by atoms with E-state index in [1.807, 2.05) is 0 Å². The molecule has 9 N–H and O–H groups in total. The zero-order valence-corrected chi connectivity index (χ0v) is 29.3. The molecule has 53 heavy (non-hydrogen) atoms. The number of carboxylic acid groups (broad SMARTS) is 3. The third kappa shape index (κ3) is 15.7. The van der Waals surface area contributed by atoms with Gasteiger partial charge in [-0.1, -0.05) is 0 Å². The summed E-state index contributed by atoms with van der Waals surface area (Å²) in [5, 5.41) is 52.0. The van der Waals surface area contributed by atoms with Crippen LogP contribution in [0.25, 0.3) is 0 Å². The van der Waals surface area contributed by atoms with Gasteiger partial charge in [0.2, 0.25) is 11.8 Å². The number of amides is 4. The Morgan fingerprint density at radius 1 is 0.623 bits per heavy atom. The predicted octanol–water partition coefficient (Wildman–Crippen LogP) is -4.55. The first-order chi connectivity index (χ1) is 25.2. The van der Waals surface area contributed by atoms with Crippen LogP contribution >= 0.6 is 0 Å². The number of likely N-dealkylation sites (tertiary alicyclic amines) is 1. The minimum atomic E-state index is -1.66. The van der Waals surface area contributed by atoms with Crippen LogP contribution < -0.4 is 21.5 Å². The summed E-state index contributed by atoms with van der Waals surface area (Å²) in [4.78, 5) is 92.5. The van der Waals surface area contributed by atoms with E-state index in [0.29, 0.717) is 25.1 Å². The fourth-order valence-electron chi connectivity index (χ4n) is 5.89. The van der Waals surface area contributed by atoms with Gasteiger partial charge >= 0.3 is 25.0 Å². The fourth-order valence-corrected chi connectivity index (χ4v) is 5.89. The molecule has 0 aromatic heterocycles. The van der Waals surface area contributed by atoms with Crippen LogP contribution in [0.2, 0.25) is 0 Å². The molecule has 292 valence electrons. The summed E-state index contributed by atoms with van der Waals surface area (Å²) in [5.74, 6) is -5.96. The van der Waals surface area contributed by atoms with Gasteiger partial charge in [0.1, 0.15) is 0 Å². The highest BCUT2D eigenvalue weighted by Gasteiger charge is 2.36. The van der Waals surface area contributed by atoms with E-state index in [-0.39, 0.29) is 90.6 Å². The van der Waals surface area contributed by atoms with E-state index < -0.39 is 61.1 Å². The molecular formula is C31H48BN9O12. The summed E-state index contributed by atoms with van der Waals surface area (Å²) in [6.45, 7) is 0.522. The Kier molecular flexibility index (Phi) is 17.3. The lowest BCUT2D eigenvalue weighted by Crippen LogP contribution is -2.50. The van der Waals surface area contributed by atoms with E-state index in [0.717, 1.165) is 0 Å². The van der Waals surface area contributed by atoms with E-state index in [9.17, 15) is 58.9 Å². The van der Waals surface area contributed by atoms with Crippen molar-refractivity contribution in [1.29, 1.82) is 0 Å². The van der Waals surface area contributed by atoms with Crippen LogP contribution in [-0.4, -0.2) is 203 Å². The standard InChI is InChI=1S/C31H48BN9O12/c42-25(36-35-23-5-3-22(4-6-23)31(51)34-17-27(44)41-7-1-2-24(41)32(52)53)16-33-26(43)18-37-8-10-38(19-28(45)46)12-14-40(21-30(49)50)15-13-39(11-9-37)20-29(47)48/h3-6,24,35,52-53H,1-2,7-21H2,(H,33,43)(H,34,51)(H,36,42)(H,45,46)(H,47,48)(H,49,50)/t24-/m0/s1. The highest BCUT2D eigenvalue weighted by atomic mass is 16.4. The SMILES string of the molecule is O=C(O)CN1CCN(CC(=O)O)CCN(CC(=O)NCC(=O)NNc2ccc(C(=O)NCC(=O)N3CCC[C@H]3B(O)O)cc2)CCN(CC(=O)O)CC1. The number of aliphatic carboxylic acids is 3. The Hall–Kier alpha value is -4.87. The maximum atomic E-state index is 12.8. The molecule has 1 atom stereocenters. The number of anilines is 1. The second-order valence-electron chi connectivity index (χ2n) is 12.7. The van der Waals surface area contributed by atoms with Gasteiger partial charge in [0, 0.05) is 64.5 Å². The van der Waals surface area contributed by atoms with E-state index in [4.69, 9.17) is 0 Å². The number of rotatable bonds is 16. The van der Waals surface area contributed by atoms with Crippen molar-refractivity contribution >= 4 is 54.3 Å². The summed E-state index contributed by atoms with van der Waals surface area (Å²) >= 11 is 0. The molecule has 2 fully saturated rings. The minimum Gasteiger partial charge on any atom is -0.480 e. The number of carboxylic acids is 3. The molecule has 0 bridgehead atoms. The normalized spacial score (nSPS) is 18.2. The third-order valence-electron chi connectivity index (χ3n) is 8.68. The van der Waals surface area contributed by atoms with Crippen molar-refractivity contribution < 1.29 is 58.9 Å². The minimum absolute atomic E-state index is 0.162. The van der Waals surface area contributed by atoms with Crippen LogP contribution in [0.1, 0.15) is 23.2 Å². The number of benzene rings is 1. The lowest BCUT2D eigenvalue weighted by atomic mass is 9.78. The summed E-state index contributed by atoms with van der Waals surface area (Å²) < 4.78 is 0. The Morgan fingerprint density at radius 3 is 1.55 bits per heavy atom. The fraction of sp³-hybridized carbons (Fsp3) is 0.581. The molecule has 1 aromatic carbocycles. The Bertz CT molecular complexity index is 1410. The molecule has 0 unspecified atom stereocenters. The van der Waals surface area contributed by atoms with Gasteiger partial charge < -0.3 is 40.9 Å². The van der Waals surface area contributed by atoms with Crippen LogP contribution in [0.5, 0.6) is 0 Å². The Morgan fingerprint density at radius 2 is 1.09 bits per heavy atom. The molecule has 2 aliphatic rings. The number of hydrogen-bond acceptors (Lipinski definition) is 14. The molecule has 21 nitrogen and oxygen atoms in total. The van der Waals surface area contributed by atoms with Crippen molar-refractivity contribution in [2.24, 2.45) is 0 Å². The van der Waals surface area contributed by atoms with E-state index in [2.05, 4.69) is 21.5 Å². The zero-order chi connectivity index (χ0) is 38.9. The third-order valence-corrected chi connectivity index (χ3v) is 8.68. The van der Waals surface area contributed by atoms with Crippen molar-refractivity contribution in [2.45, 2.75) is 18.8 Å². The maximum Gasteiger partial charge on any atom is 0.475 e. The number of nitrogens with zero attached hydrogens (tertiary/aromatic N) is 5. The highest BCUT2D eigenvalue weighted by Crippen LogP contribution is 2.18. The monoisotopic (exact) mass is 749 g/mol. The molecule has 2 heterocycles. The summed E-state index contributed by atoms with van der Waals surface area (Å²) in [7, 11) is -1.66. The molecular weight excluding hydrogens is 701 g/mol. The van der Waals surface area contributed by atoms with Gasteiger partial charge in [0.15, 0.2) is 0 Å². The first-order valence-electron chi connectivity index (χ1n) is 17.1. The van der Waals surface area contributed by atoms with Gasteiger partial charge in [-0.15, -0.1) is 0 Å². The Balaban J connectivity index is 1.47. The van der Waals surface area contributed by atoms with Crippen LogP contribution in [0.4, 0.5) is 5.69 Å². The molecule has 0 aliphatic carbocycles. The topological polar surface area (TPSA) is 285 Å². The van der Waals surface area contributed by atoms with Gasteiger partial charge in [0.25, 0.3) is 11.8 Å². The molecule has 2 saturated heterocycles. The molecule has 1 aromatic rings. The number of hydrazine groups is 1. The number of hydrogen-bond donors (Lipinski definition) is 9. The van der Waals surface area contributed by atoms with E-state index in [1.165, 1.54) is 29.2 Å². The quantitative estimate of drug-likeness (QED) is 0.0568. The number of nitrogens with one attached hydrogen (secondary N) is 4. The average Bonchev–Trinajstić information content (AvgIpc) is 3.60. The molecule has 4 amide bonds.